The lowest BCUT2D eigenvalue weighted by molar-refractivity contribution is -0.398. The van der Waals surface area contributed by atoms with Gasteiger partial charge in [0.15, 0.2) is 37.7 Å². The highest BCUT2D eigenvalue weighted by molar-refractivity contribution is 5.78. The van der Waals surface area contributed by atoms with Crippen molar-refractivity contribution in [3.63, 3.8) is 0 Å². The van der Waals surface area contributed by atoms with Crippen LogP contribution < -0.4 is 21.3 Å². The fourth-order valence-corrected chi connectivity index (χ4v) is 15.3. The van der Waals surface area contributed by atoms with Crippen molar-refractivity contribution in [1.82, 2.24) is 21.3 Å². The van der Waals surface area contributed by atoms with Gasteiger partial charge in [0.25, 0.3) is 11.6 Å². The second-order valence-electron chi connectivity index (χ2n) is 30.8. The topological polar surface area (TPSA) is 885 Å². The second-order valence-corrected chi connectivity index (χ2v) is 30.8. The number of aliphatic hydroxyl groups excluding tert-OH is 27. The molecule has 0 bridgehead atoms. The first-order valence-corrected chi connectivity index (χ1v) is 38.7. The van der Waals surface area contributed by atoms with E-state index in [2.05, 4.69) is 21.3 Å². The molecule has 8 aliphatic heterocycles. The Hall–Kier alpha value is -4.90. The highest BCUT2D eigenvalue weighted by atomic mass is 16.8. The molecule has 0 saturated carbocycles. The molecule has 0 aromatic heterocycles. The van der Waals surface area contributed by atoms with Gasteiger partial charge >= 0.3 is 11.9 Å². The van der Waals surface area contributed by atoms with Gasteiger partial charge in [0, 0.05) is 40.5 Å². The van der Waals surface area contributed by atoms with E-state index in [0.717, 1.165) is 27.7 Å². The van der Waals surface area contributed by atoms with Crippen LogP contribution >= 0.6 is 0 Å². The molecule has 55 heteroatoms. The standard InChI is InChI=1S/C68H114N4O51/c1-17-37(90)45(98)47(100)61(110-17)119-56-36(72-21(5)83)60(113-30(14-79)53(56)118-64-50(103)58(42(95)28(12-77)111-64)123-68(66(106)107)7-23(85)34(70-19(3)81)55(122-68)40(93)26(88)10-75)120-57-43(96)31(114-63(49(57)102)116-51(27(89)11-76)38(91)24(86)8-73)15-108-59-35(71-20(4)82)44(97)52(29(13-78)112-59)117-62-48(101)46(99)41(94)32(115-62)16-109-67(65(104)105)6-22(84)33(69-18(2)80)54(121-67)39(92)25(87)9-74/h17,22-64,73-79,84-103H,6-16H2,1-5H3,(H,69,80)(H,70,81)(H,71,82)(H,72,83)(H,104,105)(H,106,107)/t17-,22-,23-,24-,25+,26+,27+,28+,29+,30+,31+,32+,33+,34+,35+,36+,37+,38+,39+,40+,41-,42-,43-,44+,45+,46-,47-,48+,49+,50+,51+,52+,53+,54+,55+,56+,57-,58-,59+,60-,61-,62-,63-,64-,67+,68-/m0/s1. The highest BCUT2D eigenvalue weighted by Crippen LogP contribution is 2.43. The summed E-state index contributed by atoms with van der Waals surface area (Å²) < 4.78 is 94.6. The van der Waals surface area contributed by atoms with Gasteiger partial charge in [0.1, 0.15) is 201 Å². The number of carbonyl (C=O) groups is 6. The van der Waals surface area contributed by atoms with E-state index in [1.807, 2.05) is 0 Å². The predicted molar refractivity (Wildman–Crippen MR) is 379 cm³/mol. The Labute approximate surface area is 695 Å². The third-order valence-corrected chi connectivity index (χ3v) is 21.9. The Morgan fingerprint density at radius 2 is 0.772 bits per heavy atom. The molecular formula is C68H114N4O51. The number of carboxylic acids is 2. The average molecular weight is 1800 g/mol. The summed E-state index contributed by atoms with van der Waals surface area (Å²) >= 11 is 0. The Morgan fingerprint density at radius 1 is 0.374 bits per heavy atom. The van der Waals surface area contributed by atoms with Crippen LogP contribution in [0.3, 0.4) is 0 Å². The molecule has 8 saturated heterocycles. The van der Waals surface area contributed by atoms with E-state index in [1.54, 1.807) is 0 Å². The van der Waals surface area contributed by atoms with Crippen LogP contribution in [0.1, 0.15) is 47.5 Å². The number of amides is 4. The molecule has 8 fully saturated rings. The van der Waals surface area contributed by atoms with Crippen molar-refractivity contribution in [3.8, 4) is 0 Å². The maximum atomic E-state index is 13.7. The van der Waals surface area contributed by atoms with Crippen LogP contribution in [-0.4, -0.2) is 524 Å². The molecule has 33 N–H and O–H groups in total. The first kappa shape index (κ1) is 103. The molecule has 0 spiro atoms. The third-order valence-electron chi connectivity index (χ3n) is 21.9. The highest BCUT2D eigenvalue weighted by Gasteiger charge is 2.64. The number of aliphatic hydroxyl groups is 27. The molecule has 8 heterocycles. The SMILES string of the molecule is CC(=O)N[C@H]1[C@H](OC[C@H]2O[C@@H](O[C@@H]([C@H](O)[C@@H](O)CO)[C@H](O)CO)[C@H](O)[C@@H](O[C@@H]3O[C@H](CO)[C@@H](O[C@@H]4O[C@H](CO)[C@H](O)[C@H](O[C@]5(C(=O)O)C[C@H](O)[C@@H](NC(C)=O)[C@H]([C@H](O)[C@H](O)CO)O5)[C@H]4O)[C@H](O[C@@H]4O[C@@H](C)[C@@H](O)[C@@H](O)[C@@H]4O)[C@H]3NC(C)=O)[C@H]2O)O[C@H](CO)[C@@H](O[C@@H]2O[C@H](CO[C@]3(C(=O)O)C[C@H](O)[C@@H](NC(C)=O)[C@H]([C@H](O)[C@H](O)CO)O3)[C@H](O)[C@H](O)[C@H]2O)[C@@H]1O. The molecule has 4 amide bonds. The van der Waals surface area contributed by atoms with Crippen molar-refractivity contribution in [3.05, 3.63) is 0 Å². The van der Waals surface area contributed by atoms with Crippen molar-refractivity contribution in [2.45, 2.75) is 328 Å². The van der Waals surface area contributed by atoms with E-state index < -0.39 is 389 Å². The van der Waals surface area contributed by atoms with Crippen molar-refractivity contribution in [2.75, 3.05) is 59.5 Å². The minimum Gasteiger partial charge on any atom is -0.477 e. The lowest BCUT2D eigenvalue weighted by Crippen LogP contribution is -2.72. The van der Waals surface area contributed by atoms with E-state index in [9.17, 15) is 177 Å². The lowest BCUT2D eigenvalue weighted by Gasteiger charge is -2.52. The largest absolute Gasteiger partial charge is 0.477 e. The zero-order chi connectivity index (χ0) is 91.8. The van der Waals surface area contributed by atoms with Gasteiger partial charge in [0.2, 0.25) is 23.6 Å². The summed E-state index contributed by atoms with van der Waals surface area (Å²) in [6.45, 7) is -6.61. The van der Waals surface area contributed by atoms with E-state index in [-0.39, 0.29) is 0 Å². The number of rotatable bonds is 38. The number of ether oxygens (including phenoxy) is 16. The number of nitrogens with one attached hydrogen (secondary N) is 4. The van der Waals surface area contributed by atoms with Crippen LogP contribution in [0, 0.1) is 0 Å². The van der Waals surface area contributed by atoms with Crippen molar-refractivity contribution in [2.24, 2.45) is 0 Å². The first-order chi connectivity index (χ1) is 57.7. The van der Waals surface area contributed by atoms with Crippen molar-refractivity contribution < 1.29 is 253 Å². The summed E-state index contributed by atoms with van der Waals surface area (Å²) in [7, 11) is 0. The zero-order valence-electron chi connectivity index (χ0n) is 66.1. The Morgan fingerprint density at radius 3 is 1.28 bits per heavy atom. The maximum Gasteiger partial charge on any atom is 0.364 e. The summed E-state index contributed by atoms with van der Waals surface area (Å²) in [5, 5.41) is 329. The average Bonchev–Trinajstić information content (AvgIpc) is 0.777. The third kappa shape index (κ3) is 23.5. The van der Waals surface area contributed by atoms with Gasteiger partial charge in [-0.25, -0.2) is 9.59 Å². The normalized spacial score (nSPS) is 43.9. The molecule has 0 radical (unpaired) electrons. The molecule has 0 aromatic carbocycles. The van der Waals surface area contributed by atoms with Gasteiger partial charge in [-0.2, -0.15) is 0 Å². The smallest absolute Gasteiger partial charge is 0.364 e. The number of aliphatic carboxylic acids is 2. The summed E-state index contributed by atoms with van der Waals surface area (Å²) in [5.41, 5.74) is 0. The second kappa shape index (κ2) is 44.6. The summed E-state index contributed by atoms with van der Waals surface area (Å²) in [6.07, 6.45) is -92.7. The molecule has 8 rings (SSSR count). The van der Waals surface area contributed by atoms with Gasteiger partial charge in [-0.05, 0) is 6.92 Å². The quantitative estimate of drug-likeness (QED) is 0.0273. The van der Waals surface area contributed by atoms with Gasteiger partial charge in [-0.1, -0.05) is 0 Å². The van der Waals surface area contributed by atoms with Crippen LogP contribution in [0.5, 0.6) is 0 Å². The number of hydrogen-bond donors (Lipinski definition) is 33. The maximum absolute atomic E-state index is 13.7. The monoisotopic (exact) mass is 1800 g/mol. The van der Waals surface area contributed by atoms with Gasteiger partial charge in [-0.15, -0.1) is 0 Å². The predicted octanol–water partition coefficient (Wildman–Crippen LogP) is -21.0. The molecule has 55 nitrogen and oxygen atoms in total. The Balaban J connectivity index is 1.12. The fraction of sp³-hybridized carbons (Fsp3) is 0.912. The van der Waals surface area contributed by atoms with E-state index in [0.29, 0.717) is 0 Å². The molecule has 0 aromatic rings. The molecule has 8 aliphatic rings. The number of carboxylic acid groups (broad SMARTS) is 2. The summed E-state index contributed by atoms with van der Waals surface area (Å²) in [6, 6.07) is -7.69. The number of carbonyl (C=O) groups excluding carboxylic acids is 4. The Bertz CT molecular complexity index is 3380. The van der Waals surface area contributed by atoms with E-state index in [1.165, 1.54) is 6.92 Å². The molecule has 712 valence electrons. The summed E-state index contributed by atoms with van der Waals surface area (Å²) in [4.78, 5) is 77.6. The molecular weight excluding hydrogens is 1690 g/mol. The number of hydrogen-bond acceptors (Lipinski definition) is 49. The van der Waals surface area contributed by atoms with Gasteiger partial charge < -0.3 is 245 Å². The minimum absolute atomic E-state index is 0.834. The van der Waals surface area contributed by atoms with Gasteiger partial charge in [0.05, 0.1) is 89.9 Å². The van der Waals surface area contributed by atoms with Crippen LogP contribution in [0.25, 0.3) is 0 Å². The van der Waals surface area contributed by atoms with Crippen LogP contribution in [-0.2, 0) is 105 Å². The van der Waals surface area contributed by atoms with Crippen LogP contribution in [0.15, 0.2) is 0 Å². The van der Waals surface area contributed by atoms with Crippen LogP contribution in [0.4, 0.5) is 0 Å². The van der Waals surface area contributed by atoms with E-state index >= 15 is 0 Å². The molecule has 0 unspecified atom stereocenters. The molecule has 123 heavy (non-hydrogen) atoms. The van der Waals surface area contributed by atoms with Crippen LogP contribution in [0.2, 0.25) is 0 Å². The molecule has 46 atom stereocenters. The molecule has 0 aliphatic carbocycles. The Kier molecular flexibility index (Phi) is 37.5. The summed E-state index contributed by atoms with van der Waals surface area (Å²) in [5.74, 6) is -14.6. The van der Waals surface area contributed by atoms with Crippen molar-refractivity contribution in [1.29, 1.82) is 0 Å². The lowest BCUT2D eigenvalue weighted by atomic mass is 9.88. The zero-order valence-corrected chi connectivity index (χ0v) is 66.1. The van der Waals surface area contributed by atoms with Gasteiger partial charge in [-0.3, -0.25) is 19.2 Å². The van der Waals surface area contributed by atoms with Crippen molar-refractivity contribution >= 4 is 35.6 Å². The fourth-order valence-electron chi connectivity index (χ4n) is 15.3. The first-order valence-electron chi connectivity index (χ1n) is 38.7. The minimum atomic E-state index is -3.38. The van der Waals surface area contributed by atoms with E-state index in [4.69, 9.17) is 75.8 Å².